The van der Waals surface area contributed by atoms with Crippen molar-refractivity contribution in [3.05, 3.63) is 64.6 Å². The van der Waals surface area contributed by atoms with E-state index in [-0.39, 0.29) is 17.2 Å². The lowest BCUT2D eigenvalue weighted by Gasteiger charge is -2.09. The topological polar surface area (TPSA) is 66.9 Å². The van der Waals surface area contributed by atoms with Gasteiger partial charge in [-0.1, -0.05) is 22.0 Å². The Bertz CT molecular complexity index is 870. The number of nitrogens with one attached hydrogen (secondary N) is 2. The van der Waals surface area contributed by atoms with Crippen LogP contribution in [0.5, 0.6) is 0 Å². The van der Waals surface area contributed by atoms with Crippen LogP contribution < -0.4 is 10.6 Å². The number of hydrogen-bond acceptors (Lipinski definition) is 4. The minimum Gasteiger partial charge on any atom is -0.368 e. The van der Waals surface area contributed by atoms with Crippen molar-refractivity contribution in [1.29, 1.82) is 0 Å². The maximum atomic E-state index is 13.7. The third-order valence-electron chi connectivity index (χ3n) is 3.42. The van der Waals surface area contributed by atoms with Gasteiger partial charge in [-0.15, -0.1) is 0 Å². The van der Waals surface area contributed by atoms with E-state index in [1.807, 2.05) is 12.1 Å². The fraction of sp³-hybridized carbons (Fsp3) is 0.118. The van der Waals surface area contributed by atoms with Crippen LogP contribution in [-0.4, -0.2) is 29.0 Å². The number of fused-ring (bicyclic) bond motifs is 1. The third-order valence-corrected chi connectivity index (χ3v) is 3.95. The van der Waals surface area contributed by atoms with Crippen LogP contribution >= 0.6 is 15.9 Å². The molecule has 5 nitrogen and oxygen atoms in total. The summed E-state index contributed by atoms with van der Waals surface area (Å²) in [6.45, 7) is 0.876. The van der Waals surface area contributed by atoms with E-state index in [0.717, 1.165) is 4.47 Å². The van der Waals surface area contributed by atoms with Gasteiger partial charge >= 0.3 is 0 Å². The number of carbonyl (C=O) groups is 1. The van der Waals surface area contributed by atoms with Crippen molar-refractivity contribution >= 4 is 38.6 Å². The Hall–Kier alpha value is -2.54. The first-order valence-electron chi connectivity index (χ1n) is 7.32. The molecule has 1 amide bonds. The molecule has 122 valence electrons. The number of benzene rings is 2. The minimum atomic E-state index is -0.388. The number of para-hydroxylation sites is 1. The normalized spacial score (nSPS) is 10.6. The first-order chi connectivity index (χ1) is 11.6. The van der Waals surface area contributed by atoms with Gasteiger partial charge in [0.1, 0.15) is 23.5 Å². The Morgan fingerprint density at radius 3 is 2.67 bits per heavy atom. The number of rotatable bonds is 5. The lowest BCUT2D eigenvalue weighted by molar-refractivity contribution is 0.0955. The molecule has 1 aromatic heterocycles. The molecule has 0 aliphatic carbocycles. The number of nitrogens with zero attached hydrogens (tertiary/aromatic N) is 2. The van der Waals surface area contributed by atoms with E-state index in [2.05, 4.69) is 36.5 Å². The van der Waals surface area contributed by atoms with Crippen LogP contribution in [0.25, 0.3) is 10.9 Å². The van der Waals surface area contributed by atoms with Gasteiger partial charge in [-0.3, -0.25) is 4.79 Å². The van der Waals surface area contributed by atoms with Crippen LogP contribution in [0.4, 0.5) is 10.2 Å². The number of carbonyl (C=O) groups excluding carboxylic acids is 1. The van der Waals surface area contributed by atoms with E-state index >= 15 is 0 Å². The molecule has 0 bridgehead atoms. The zero-order chi connectivity index (χ0) is 16.9. The lowest BCUT2D eigenvalue weighted by Crippen LogP contribution is -2.28. The highest BCUT2D eigenvalue weighted by Crippen LogP contribution is 2.20. The molecule has 0 aliphatic heterocycles. The molecule has 7 heteroatoms. The van der Waals surface area contributed by atoms with E-state index in [4.69, 9.17) is 0 Å². The van der Waals surface area contributed by atoms with Crippen molar-refractivity contribution in [2.24, 2.45) is 0 Å². The van der Waals surface area contributed by atoms with Crippen molar-refractivity contribution in [1.82, 2.24) is 15.3 Å². The predicted molar refractivity (Wildman–Crippen MR) is 94.5 cm³/mol. The minimum absolute atomic E-state index is 0.150. The highest BCUT2D eigenvalue weighted by Gasteiger charge is 2.07. The van der Waals surface area contributed by atoms with E-state index in [9.17, 15) is 9.18 Å². The first-order valence-corrected chi connectivity index (χ1v) is 8.11. The molecule has 0 fully saturated rings. The Morgan fingerprint density at radius 1 is 1.08 bits per heavy atom. The van der Waals surface area contributed by atoms with Crippen LogP contribution in [0.15, 0.2) is 53.3 Å². The van der Waals surface area contributed by atoms with Gasteiger partial charge in [-0.2, -0.15) is 0 Å². The van der Waals surface area contributed by atoms with Gasteiger partial charge < -0.3 is 10.6 Å². The molecule has 0 saturated carbocycles. The van der Waals surface area contributed by atoms with E-state index in [1.54, 1.807) is 24.3 Å². The molecule has 2 N–H and O–H groups in total. The first kappa shape index (κ1) is 16.3. The summed E-state index contributed by atoms with van der Waals surface area (Å²) < 4.78 is 14.6. The largest absolute Gasteiger partial charge is 0.368 e. The maximum Gasteiger partial charge on any atom is 0.251 e. The summed E-state index contributed by atoms with van der Waals surface area (Å²) in [5.74, 6) is 0.00164. The zero-order valence-electron chi connectivity index (χ0n) is 12.6. The molecule has 0 saturated heterocycles. The Kier molecular flexibility index (Phi) is 5.00. The molecular formula is C17H14BrFN4O. The van der Waals surface area contributed by atoms with Crippen LogP contribution in [0.3, 0.4) is 0 Å². The van der Waals surface area contributed by atoms with Gasteiger partial charge in [0.15, 0.2) is 0 Å². The Labute approximate surface area is 146 Å². The Balaban J connectivity index is 1.58. The van der Waals surface area contributed by atoms with Crippen molar-refractivity contribution < 1.29 is 9.18 Å². The number of amides is 1. The fourth-order valence-corrected chi connectivity index (χ4v) is 2.52. The molecule has 0 radical (unpaired) electrons. The Morgan fingerprint density at radius 2 is 1.88 bits per heavy atom. The average Bonchev–Trinajstić information content (AvgIpc) is 2.60. The third kappa shape index (κ3) is 3.68. The summed E-state index contributed by atoms with van der Waals surface area (Å²) in [6.07, 6.45) is 1.31. The molecule has 0 spiro atoms. The van der Waals surface area contributed by atoms with E-state index in [0.29, 0.717) is 29.9 Å². The molecule has 24 heavy (non-hydrogen) atoms. The van der Waals surface area contributed by atoms with Crippen molar-refractivity contribution in [3.8, 4) is 0 Å². The molecule has 3 aromatic rings. The fourth-order valence-electron chi connectivity index (χ4n) is 2.25. The summed E-state index contributed by atoms with van der Waals surface area (Å²) in [5.41, 5.74) is 0.863. The van der Waals surface area contributed by atoms with Gasteiger partial charge in [-0.05, 0) is 36.4 Å². The molecule has 2 aromatic carbocycles. The summed E-state index contributed by atoms with van der Waals surface area (Å²) >= 11 is 3.33. The lowest BCUT2D eigenvalue weighted by atomic mass is 10.2. The van der Waals surface area contributed by atoms with Crippen molar-refractivity contribution in [3.63, 3.8) is 0 Å². The standard InChI is InChI=1S/C17H14BrFN4O/c18-12-6-4-11(5-7-12)17(24)21-9-8-20-16-13-2-1-3-14(19)15(13)22-10-23-16/h1-7,10H,8-9H2,(H,21,24)(H,20,22,23). The molecule has 1 heterocycles. The van der Waals surface area contributed by atoms with Crippen molar-refractivity contribution in [2.45, 2.75) is 0 Å². The smallest absolute Gasteiger partial charge is 0.251 e. The van der Waals surface area contributed by atoms with Gasteiger partial charge in [0.05, 0.1) is 0 Å². The summed E-state index contributed by atoms with van der Waals surface area (Å²) in [4.78, 5) is 20.1. The summed E-state index contributed by atoms with van der Waals surface area (Å²) in [7, 11) is 0. The maximum absolute atomic E-state index is 13.7. The van der Waals surface area contributed by atoms with Crippen molar-refractivity contribution in [2.75, 3.05) is 18.4 Å². The van der Waals surface area contributed by atoms with Crippen LogP contribution in [0.1, 0.15) is 10.4 Å². The van der Waals surface area contributed by atoms with Gasteiger partial charge in [0.2, 0.25) is 0 Å². The summed E-state index contributed by atoms with van der Waals surface area (Å²) in [5, 5.41) is 6.51. The quantitative estimate of drug-likeness (QED) is 0.657. The molecule has 0 atom stereocenters. The van der Waals surface area contributed by atoms with Gasteiger partial charge in [-0.25, -0.2) is 14.4 Å². The van der Waals surface area contributed by atoms with E-state index in [1.165, 1.54) is 12.4 Å². The van der Waals surface area contributed by atoms with Gasteiger partial charge in [0.25, 0.3) is 5.91 Å². The van der Waals surface area contributed by atoms with Crippen LogP contribution in [-0.2, 0) is 0 Å². The molecule has 0 unspecified atom stereocenters. The number of aromatic nitrogens is 2. The number of halogens is 2. The predicted octanol–water partition coefficient (Wildman–Crippen LogP) is 3.37. The molecular weight excluding hydrogens is 375 g/mol. The highest BCUT2D eigenvalue weighted by atomic mass is 79.9. The molecule has 0 aliphatic rings. The second-order valence-electron chi connectivity index (χ2n) is 5.05. The van der Waals surface area contributed by atoms with Gasteiger partial charge in [0, 0.05) is 28.5 Å². The van der Waals surface area contributed by atoms with Crippen LogP contribution in [0.2, 0.25) is 0 Å². The van der Waals surface area contributed by atoms with E-state index < -0.39 is 0 Å². The summed E-state index contributed by atoms with van der Waals surface area (Å²) in [6, 6.07) is 11.8. The SMILES string of the molecule is O=C(NCCNc1ncnc2c(F)cccc12)c1ccc(Br)cc1. The monoisotopic (exact) mass is 388 g/mol. The second-order valence-corrected chi connectivity index (χ2v) is 5.96. The van der Waals surface area contributed by atoms with Crippen LogP contribution in [0, 0.1) is 5.82 Å². The number of anilines is 1. The highest BCUT2D eigenvalue weighted by molar-refractivity contribution is 9.10. The average molecular weight is 389 g/mol. The second kappa shape index (κ2) is 7.35. The number of hydrogen-bond donors (Lipinski definition) is 2. The zero-order valence-corrected chi connectivity index (χ0v) is 14.2. The molecule has 3 rings (SSSR count).